The quantitative estimate of drug-likeness (QED) is 0.712. The van der Waals surface area contributed by atoms with Gasteiger partial charge in [0, 0.05) is 17.6 Å². The third-order valence-corrected chi connectivity index (χ3v) is 4.21. The number of nitrogens with zero attached hydrogens (tertiary/aromatic N) is 1. The number of aromatic nitrogens is 2. The molecule has 1 aromatic carbocycles. The number of rotatable bonds is 5. The van der Waals surface area contributed by atoms with E-state index in [0.717, 1.165) is 12.0 Å². The van der Waals surface area contributed by atoms with E-state index in [9.17, 15) is 8.42 Å². The van der Waals surface area contributed by atoms with Crippen LogP contribution in [-0.4, -0.2) is 18.4 Å². The highest BCUT2D eigenvalue weighted by Crippen LogP contribution is 2.18. The van der Waals surface area contributed by atoms with Gasteiger partial charge in [0.15, 0.2) is 0 Å². The molecule has 0 aliphatic rings. The fourth-order valence-electron chi connectivity index (χ4n) is 1.70. The number of nitrogen functional groups attached to an aromatic ring is 1. The van der Waals surface area contributed by atoms with Gasteiger partial charge in [-0.05, 0) is 24.1 Å². The fraction of sp³-hybridized carbons (Fsp3) is 0.250. The average Bonchev–Trinajstić information content (AvgIpc) is 2.89. The lowest BCUT2D eigenvalue weighted by Gasteiger charge is -2.08. The minimum atomic E-state index is -3.56. The van der Waals surface area contributed by atoms with Crippen molar-refractivity contribution in [3.63, 3.8) is 0 Å². The van der Waals surface area contributed by atoms with E-state index in [4.69, 9.17) is 5.73 Å². The zero-order chi connectivity index (χ0) is 13.9. The Morgan fingerprint density at radius 2 is 2.21 bits per heavy atom. The lowest BCUT2D eigenvalue weighted by molar-refractivity contribution is 0.580. The zero-order valence-electron chi connectivity index (χ0n) is 10.6. The number of aryl methyl sites for hydroxylation is 1. The Labute approximate surface area is 112 Å². The van der Waals surface area contributed by atoms with E-state index in [1.165, 1.54) is 12.4 Å². The summed E-state index contributed by atoms with van der Waals surface area (Å²) in [5, 5.41) is 0. The fourth-order valence-corrected chi connectivity index (χ4v) is 2.74. The Hall–Kier alpha value is -1.86. The van der Waals surface area contributed by atoms with Crippen LogP contribution in [0.4, 0.5) is 5.69 Å². The number of imidazole rings is 1. The molecule has 1 aromatic heterocycles. The third-order valence-electron chi connectivity index (χ3n) is 2.82. The predicted octanol–water partition coefficient (Wildman–Crippen LogP) is 1.03. The molecule has 4 N–H and O–H groups in total. The summed E-state index contributed by atoms with van der Waals surface area (Å²) >= 11 is 0. The van der Waals surface area contributed by atoms with Crippen molar-refractivity contribution in [3.05, 3.63) is 42.0 Å². The number of benzene rings is 1. The molecular weight excluding hydrogens is 264 g/mol. The summed E-state index contributed by atoms with van der Waals surface area (Å²) in [4.78, 5) is 6.82. The van der Waals surface area contributed by atoms with Crippen LogP contribution in [0, 0.1) is 0 Å². The van der Waals surface area contributed by atoms with E-state index in [1.807, 2.05) is 6.92 Å². The maximum atomic E-state index is 12.1. The number of H-pyrrole nitrogens is 1. The number of nitrogens with one attached hydrogen (secondary N) is 2. The SMILES string of the molecule is CCc1ccc(S(=O)(=O)NCc2cnc[nH]2)cc1N. The predicted molar refractivity (Wildman–Crippen MR) is 72.8 cm³/mol. The molecule has 0 saturated heterocycles. The third kappa shape index (κ3) is 3.12. The van der Waals surface area contributed by atoms with Crippen molar-refractivity contribution in [3.8, 4) is 0 Å². The van der Waals surface area contributed by atoms with Crippen LogP contribution in [0.1, 0.15) is 18.2 Å². The molecule has 0 spiro atoms. The van der Waals surface area contributed by atoms with Crippen molar-refractivity contribution < 1.29 is 8.42 Å². The summed E-state index contributed by atoms with van der Waals surface area (Å²) in [5.74, 6) is 0. The van der Waals surface area contributed by atoms with Gasteiger partial charge in [-0.25, -0.2) is 18.1 Å². The second-order valence-corrected chi connectivity index (χ2v) is 5.88. The van der Waals surface area contributed by atoms with Crippen LogP contribution >= 0.6 is 0 Å². The normalized spacial score (nSPS) is 11.6. The Balaban J connectivity index is 2.17. The van der Waals surface area contributed by atoms with Crippen LogP contribution in [0.15, 0.2) is 35.6 Å². The second kappa shape index (κ2) is 5.41. The van der Waals surface area contributed by atoms with E-state index < -0.39 is 10.0 Å². The van der Waals surface area contributed by atoms with Crippen LogP contribution in [0.25, 0.3) is 0 Å². The van der Waals surface area contributed by atoms with Crippen molar-refractivity contribution in [2.45, 2.75) is 24.8 Å². The van der Waals surface area contributed by atoms with Gasteiger partial charge in [-0.1, -0.05) is 13.0 Å². The lowest BCUT2D eigenvalue weighted by atomic mass is 10.1. The zero-order valence-corrected chi connectivity index (χ0v) is 11.4. The van der Waals surface area contributed by atoms with Gasteiger partial charge in [-0.15, -0.1) is 0 Å². The van der Waals surface area contributed by atoms with E-state index in [2.05, 4.69) is 14.7 Å². The van der Waals surface area contributed by atoms with Gasteiger partial charge in [-0.3, -0.25) is 0 Å². The van der Waals surface area contributed by atoms with Crippen LogP contribution in [0.5, 0.6) is 0 Å². The van der Waals surface area contributed by atoms with Crippen molar-refractivity contribution >= 4 is 15.7 Å². The molecule has 0 radical (unpaired) electrons. The minimum absolute atomic E-state index is 0.164. The smallest absolute Gasteiger partial charge is 0.240 e. The Morgan fingerprint density at radius 3 is 2.79 bits per heavy atom. The molecule has 6 nitrogen and oxygen atoms in total. The largest absolute Gasteiger partial charge is 0.398 e. The molecule has 0 aliphatic carbocycles. The van der Waals surface area contributed by atoms with Crippen molar-refractivity contribution in [2.24, 2.45) is 0 Å². The molecule has 0 atom stereocenters. The standard InChI is InChI=1S/C12H16N4O2S/c1-2-9-3-4-11(5-12(9)13)19(17,18)16-7-10-6-14-8-15-10/h3-6,8,16H,2,7,13H2,1H3,(H,14,15). The molecule has 0 unspecified atom stereocenters. The molecule has 19 heavy (non-hydrogen) atoms. The topological polar surface area (TPSA) is 101 Å². The first-order valence-corrected chi connectivity index (χ1v) is 7.36. The summed E-state index contributed by atoms with van der Waals surface area (Å²) in [6, 6.07) is 4.78. The van der Waals surface area contributed by atoms with Gasteiger partial charge in [0.1, 0.15) is 0 Å². The second-order valence-electron chi connectivity index (χ2n) is 4.12. The first-order chi connectivity index (χ1) is 9.03. The van der Waals surface area contributed by atoms with Crippen LogP contribution in [0.3, 0.4) is 0 Å². The monoisotopic (exact) mass is 280 g/mol. The van der Waals surface area contributed by atoms with Crippen molar-refractivity contribution in [1.82, 2.24) is 14.7 Å². The lowest BCUT2D eigenvalue weighted by Crippen LogP contribution is -2.23. The molecule has 2 rings (SSSR count). The molecule has 7 heteroatoms. The highest BCUT2D eigenvalue weighted by molar-refractivity contribution is 7.89. The van der Waals surface area contributed by atoms with Crippen LogP contribution in [-0.2, 0) is 23.0 Å². The Morgan fingerprint density at radius 1 is 1.42 bits per heavy atom. The van der Waals surface area contributed by atoms with E-state index in [0.29, 0.717) is 11.4 Å². The summed E-state index contributed by atoms with van der Waals surface area (Å²) in [6.45, 7) is 2.13. The van der Waals surface area contributed by atoms with Crippen molar-refractivity contribution in [1.29, 1.82) is 0 Å². The van der Waals surface area contributed by atoms with Crippen molar-refractivity contribution in [2.75, 3.05) is 5.73 Å². The van der Waals surface area contributed by atoms with Gasteiger partial charge in [-0.2, -0.15) is 0 Å². The summed E-state index contributed by atoms with van der Waals surface area (Å²) < 4.78 is 26.6. The number of hydrogen-bond donors (Lipinski definition) is 3. The molecule has 1 heterocycles. The van der Waals surface area contributed by atoms with Gasteiger partial charge >= 0.3 is 0 Å². The summed E-state index contributed by atoms with van der Waals surface area (Å²) in [5.41, 5.74) is 7.94. The highest BCUT2D eigenvalue weighted by atomic mass is 32.2. The Kier molecular flexibility index (Phi) is 3.87. The Bertz CT molecular complexity index is 650. The maximum Gasteiger partial charge on any atom is 0.240 e. The highest BCUT2D eigenvalue weighted by Gasteiger charge is 2.15. The first kappa shape index (κ1) is 13.6. The minimum Gasteiger partial charge on any atom is -0.398 e. The summed E-state index contributed by atoms with van der Waals surface area (Å²) in [7, 11) is -3.56. The number of hydrogen-bond acceptors (Lipinski definition) is 4. The first-order valence-electron chi connectivity index (χ1n) is 5.88. The molecule has 0 saturated carbocycles. The summed E-state index contributed by atoms with van der Waals surface area (Å²) in [6.07, 6.45) is 3.84. The molecule has 0 amide bonds. The van der Waals surface area contributed by atoms with Gasteiger partial charge in [0.05, 0.1) is 17.8 Å². The van der Waals surface area contributed by atoms with Gasteiger partial charge in [0.25, 0.3) is 0 Å². The van der Waals surface area contributed by atoms with E-state index in [1.54, 1.807) is 18.3 Å². The molecule has 2 aromatic rings. The van der Waals surface area contributed by atoms with Crippen LogP contribution in [0.2, 0.25) is 0 Å². The number of sulfonamides is 1. The average molecular weight is 280 g/mol. The molecule has 102 valence electrons. The van der Waals surface area contributed by atoms with Crippen LogP contribution < -0.4 is 10.5 Å². The number of anilines is 1. The molecule has 0 bridgehead atoms. The number of aromatic amines is 1. The maximum absolute atomic E-state index is 12.1. The number of nitrogens with two attached hydrogens (primary N) is 1. The van der Waals surface area contributed by atoms with Gasteiger partial charge < -0.3 is 10.7 Å². The van der Waals surface area contributed by atoms with E-state index in [-0.39, 0.29) is 11.4 Å². The van der Waals surface area contributed by atoms with E-state index >= 15 is 0 Å². The van der Waals surface area contributed by atoms with Gasteiger partial charge in [0.2, 0.25) is 10.0 Å². The molecule has 0 fully saturated rings. The molecule has 0 aliphatic heterocycles. The molecular formula is C12H16N4O2S.